The average Bonchev–Trinajstić information content (AvgIpc) is 2.95. The molecule has 1 heterocycles. The second-order valence-electron chi connectivity index (χ2n) is 6.23. The molecule has 148 valence electrons. The summed E-state index contributed by atoms with van der Waals surface area (Å²) in [5, 5.41) is 15.0. The first-order valence-corrected chi connectivity index (χ1v) is 10.4. The summed E-state index contributed by atoms with van der Waals surface area (Å²) in [5.41, 5.74) is 6.55. The zero-order valence-electron chi connectivity index (χ0n) is 15.6. The Morgan fingerprint density at radius 2 is 1.96 bits per heavy atom. The lowest BCUT2D eigenvalue weighted by molar-refractivity contribution is 0.189. The summed E-state index contributed by atoms with van der Waals surface area (Å²) >= 11 is 6.00. The molecule has 3 N–H and O–H groups in total. The number of nitrogens with two attached hydrogens (primary N) is 1. The van der Waals surface area contributed by atoms with Gasteiger partial charge in [0.05, 0.1) is 33.0 Å². The number of sulfone groups is 1. The van der Waals surface area contributed by atoms with Gasteiger partial charge in [0.15, 0.2) is 0 Å². The lowest BCUT2D eigenvalue weighted by atomic mass is 10.2. The second kappa shape index (κ2) is 7.77. The van der Waals surface area contributed by atoms with Crippen LogP contribution in [-0.2, 0) is 22.7 Å². The molecular weight excluding hydrogens is 392 g/mol. The molecule has 10 heteroatoms. The van der Waals surface area contributed by atoms with E-state index in [-0.39, 0.29) is 26.9 Å². The van der Waals surface area contributed by atoms with Crippen molar-refractivity contribution in [2.24, 2.45) is 0 Å². The first kappa shape index (κ1) is 21.0. The second-order valence-corrected chi connectivity index (χ2v) is 8.52. The first-order chi connectivity index (χ1) is 12.6. The number of nitrogens with zero attached hydrogens (tertiary/aromatic N) is 3. The third kappa shape index (κ3) is 3.74. The van der Waals surface area contributed by atoms with Gasteiger partial charge in [-0.2, -0.15) is 14.9 Å². The Kier molecular flexibility index (Phi) is 6.06. The van der Waals surface area contributed by atoms with Crippen molar-refractivity contribution >= 4 is 33.2 Å². The maximum atomic E-state index is 13.3. The molecule has 8 nitrogen and oxygen atoms in total. The smallest absolute Gasteiger partial charge is 0.428 e. The quantitative estimate of drug-likeness (QED) is 0.701. The van der Waals surface area contributed by atoms with Crippen molar-refractivity contribution in [1.29, 1.82) is 0 Å². The van der Waals surface area contributed by atoms with Crippen LogP contribution in [0.2, 0.25) is 5.02 Å². The fourth-order valence-corrected chi connectivity index (χ4v) is 4.85. The normalized spacial score (nSPS) is 11.8. The van der Waals surface area contributed by atoms with E-state index in [0.29, 0.717) is 17.8 Å². The minimum absolute atomic E-state index is 0.0141. The monoisotopic (exact) mass is 414 g/mol. The van der Waals surface area contributed by atoms with Crippen LogP contribution in [0.5, 0.6) is 0 Å². The Bertz CT molecular complexity index is 970. The van der Waals surface area contributed by atoms with Gasteiger partial charge in [-0.15, -0.1) is 0 Å². The van der Waals surface area contributed by atoms with Gasteiger partial charge in [0.1, 0.15) is 4.90 Å². The lowest BCUT2D eigenvalue weighted by Gasteiger charge is -2.24. The highest BCUT2D eigenvalue weighted by molar-refractivity contribution is 7.91. The van der Waals surface area contributed by atoms with Crippen molar-refractivity contribution in [1.82, 2.24) is 9.89 Å². The molecule has 2 rings (SSSR count). The Balaban J connectivity index is 2.79. The molecule has 0 aliphatic heterocycles. The predicted octanol–water partition coefficient (Wildman–Crippen LogP) is 3.10. The number of benzene rings is 1. The number of aryl methyl sites for hydroxylation is 1. The van der Waals surface area contributed by atoms with Crippen molar-refractivity contribution in [3.63, 3.8) is 0 Å². The number of hydrogen-bond donors (Lipinski definition) is 2. The maximum Gasteiger partial charge on any atom is 0.428 e. The maximum absolute atomic E-state index is 13.3. The number of carboxylic acid groups (broad SMARTS) is 1. The van der Waals surface area contributed by atoms with Gasteiger partial charge in [0.25, 0.3) is 0 Å². The summed E-state index contributed by atoms with van der Waals surface area (Å²) < 4.78 is 26.6. The predicted molar refractivity (Wildman–Crippen MR) is 104 cm³/mol. The molecule has 0 saturated carbocycles. The number of anilines is 1. The average molecular weight is 415 g/mol. The van der Waals surface area contributed by atoms with E-state index >= 15 is 0 Å². The molecule has 0 fully saturated rings. The molecule has 0 aliphatic carbocycles. The number of nitrogen functional groups attached to an aromatic ring is 1. The molecule has 0 bridgehead atoms. The molecule has 0 aliphatic rings. The largest absolute Gasteiger partial charge is 0.464 e. The summed E-state index contributed by atoms with van der Waals surface area (Å²) in [5.74, 6) is 0. The molecule has 27 heavy (non-hydrogen) atoms. The Morgan fingerprint density at radius 3 is 2.41 bits per heavy atom. The van der Waals surface area contributed by atoms with Gasteiger partial charge < -0.3 is 10.8 Å². The minimum Gasteiger partial charge on any atom is -0.464 e. The Hall–Kier alpha value is -2.26. The number of aromatic nitrogens is 2. The van der Waals surface area contributed by atoms with E-state index in [1.165, 1.54) is 23.0 Å². The van der Waals surface area contributed by atoms with Gasteiger partial charge in [-0.1, -0.05) is 25.4 Å². The van der Waals surface area contributed by atoms with Gasteiger partial charge in [0.2, 0.25) is 9.84 Å². The van der Waals surface area contributed by atoms with Crippen LogP contribution in [-0.4, -0.2) is 35.5 Å². The van der Waals surface area contributed by atoms with E-state index in [4.69, 9.17) is 17.3 Å². The van der Waals surface area contributed by atoms with Crippen LogP contribution in [0.3, 0.4) is 0 Å². The zero-order valence-corrected chi connectivity index (χ0v) is 17.2. The highest BCUT2D eigenvalue weighted by atomic mass is 35.5. The fourth-order valence-electron chi connectivity index (χ4n) is 2.81. The standard InChI is InChI=1S/C17H23ClN4O4S/c1-5-14-16(27(25,26)11-7-8-13(19)12(18)9-11)15(6-2)22(20-14)21(10(3)4)17(23)24/h7-10H,5-6,19H2,1-4H3,(H,23,24). The lowest BCUT2D eigenvalue weighted by Crippen LogP contribution is -2.46. The van der Waals surface area contributed by atoms with Crippen molar-refractivity contribution in [2.75, 3.05) is 10.7 Å². The summed E-state index contributed by atoms with van der Waals surface area (Å²) in [6.45, 7) is 6.90. The fraction of sp³-hybridized carbons (Fsp3) is 0.412. The van der Waals surface area contributed by atoms with E-state index in [2.05, 4.69) is 5.10 Å². The third-order valence-electron chi connectivity index (χ3n) is 4.09. The third-order valence-corrected chi connectivity index (χ3v) is 6.30. The first-order valence-electron chi connectivity index (χ1n) is 8.49. The van der Waals surface area contributed by atoms with Crippen LogP contribution in [0.15, 0.2) is 28.0 Å². The van der Waals surface area contributed by atoms with E-state index in [1.54, 1.807) is 27.7 Å². The van der Waals surface area contributed by atoms with Crippen molar-refractivity contribution < 1.29 is 18.3 Å². The SMILES string of the molecule is CCc1nn(N(C(=O)O)C(C)C)c(CC)c1S(=O)(=O)c1ccc(N)c(Cl)c1. The molecule has 0 radical (unpaired) electrons. The summed E-state index contributed by atoms with van der Waals surface area (Å²) in [7, 11) is -3.97. The number of rotatable bonds is 6. The molecule has 1 aromatic heterocycles. The van der Waals surface area contributed by atoms with E-state index in [0.717, 1.165) is 5.01 Å². The Morgan fingerprint density at radius 1 is 1.33 bits per heavy atom. The molecular formula is C17H23ClN4O4S. The summed E-state index contributed by atoms with van der Waals surface area (Å²) in [6.07, 6.45) is -0.617. The van der Waals surface area contributed by atoms with Crippen LogP contribution in [0.4, 0.5) is 10.5 Å². The molecule has 1 aromatic carbocycles. The van der Waals surface area contributed by atoms with Gasteiger partial charge in [0, 0.05) is 0 Å². The highest BCUT2D eigenvalue weighted by Gasteiger charge is 2.32. The van der Waals surface area contributed by atoms with Crippen molar-refractivity contribution in [3.05, 3.63) is 34.6 Å². The van der Waals surface area contributed by atoms with Gasteiger partial charge >= 0.3 is 6.09 Å². The molecule has 1 amide bonds. The van der Waals surface area contributed by atoms with Crippen molar-refractivity contribution in [3.8, 4) is 0 Å². The molecule has 0 saturated heterocycles. The van der Waals surface area contributed by atoms with E-state index < -0.39 is 22.0 Å². The van der Waals surface area contributed by atoms with Crippen LogP contribution in [0.1, 0.15) is 39.1 Å². The summed E-state index contributed by atoms with van der Waals surface area (Å²) in [4.78, 5) is 12.9. The van der Waals surface area contributed by atoms with Crippen LogP contribution in [0, 0.1) is 0 Å². The van der Waals surface area contributed by atoms with E-state index in [1.807, 2.05) is 0 Å². The topological polar surface area (TPSA) is 119 Å². The highest BCUT2D eigenvalue weighted by Crippen LogP contribution is 2.31. The minimum atomic E-state index is -3.97. The van der Waals surface area contributed by atoms with Crippen LogP contribution < -0.4 is 10.7 Å². The summed E-state index contributed by atoms with van der Waals surface area (Å²) in [6, 6.07) is 3.66. The van der Waals surface area contributed by atoms with Crippen LogP contribution in [0.25, 0.3) is 0 Å². The Labute approximate surface area is 163 Å². The number of carbonyl (C=O) groups is 1. The van der Waals surface area contributed by atoms with Gasteiger partial charge in [-0.05, 0) is 44.9 Å². The number of halogens is 1. The molecule has 0 atom stereocenters. The zero-order chi connectivity index (χ0) is 20.5. The van der Waals surface area contributed by atoms with Crippen LogP contribution >= 0.6 is 11.6 Å². The van der Waals surface area contributed by atoms with E-state index in [9.17, 15) is 18.3 Å². The number of amides is 1. The molecule has 0 unspecified atom stereocenters. The van der Waals surface area contributed by atoms with Gasteiger partial charge in [-0.25, -0.2) is 13.2 Å². The van der Waals surface area contributed by atoms with Crippen molar-refractivity contribution in [2.45, 2.75) is 56.4 Å². The molecule has 2 aromatic rings. The molecule has 0 spiro atoms. The number of hydrogen-bond acceptors (Lipinski definition) is 5. The van der Waals surface area contributed by atoms with Gasteiger partial charge in [-0.3, -0.25) is 0 Å².